The lowest BCUT2D eigenvalue weighted by Gasteiger charge is -2.45. The number of phenols is 4. The van der Waals surface area contributed by atoms with E-state index in [1.807, 2.05) is 0 Å². The third-order valence-electron chi connectivity index (χ3n) is 7.39. The van der Waals surface area contributed by atoms with E-state index in [0.29, 0.717) is 0 Å². The molecule has 240 valence electrons. The standard InChI is InChI=1S/C27H30O17/c28-6-15-18(34)21(37)23(39)26(42-15)44-25-22(38)19(35)16(7-29)43-27(25)41-14-5-12(33)17-11(32)4-13(40-24(17)20(14)36)8-1-2-9(30)10(31)3-8/h1-5,15-16,18-19,21-23,25-31,33-39H,6-7H2/t15-,16-,18-,19-,21+,22+,23-,25-,26+,27-/m1/s1. The molecule has 0 aliphatic carbocycles. The van der Waals surface area contributed by atoms with E-state index in [0.717, 1.165) is 24.3 Å². The smallest absolute Gasteiger partial charge is 0.229 e. The number of aromatic hydroxyl groups is 4. The average Bonchev–Trinajstić information content (AvgIpc) is 3.00. The van der Waals surface area contributed by atoms with Crippen molar-refractivity contribution in [3.63, 3.8) is 0 Å². The van der Waals surface area contributed by atoms with Crippen molar-refractivity contribution < 1.29 is 79.5 Å². The Morgan fingerprint density at radius 2 is 1.34 bits per heavy atom. The fraction of sp³-hybridized carbons (Fsp3) is 0.444. The number of ether oxygens (including phenoxy) is 4. The summed E-state index contributed by atoms with van der Waals surface area (Å²) in [5, 5.41) is 112. The lowest BCUT2D eigenvalue weighted by atomic mass is 9.97. The fourth-order valence-electron chi connectivity index (χ4n) is 4.94. The van der Waals surface area contributed by atoms with Crippen molar-refractivity contribution in [2.45, 2.75) is 61.4 Å². The van der Waals surface area contributed by atoms with E-state index in [1.165, 1.54) is 6.07 Å². The van der Waals surface area contributed by atoms with Crippen LogP contribution in [0.25, 0.3) is 22.3 Å². The lowest BCUT2D eigenvalue weighted by Crippen LogP contribution is -2.65. The van der Waals surface area contributed by atoms with Crippen LogP contribution < -0.4 is 10.2 Å². The Labute approximate surface area is 246 Å². The summed E-state index contributed by atoms with van der Waals surface area (Å²) in [6, 6.07) is 5.27. The molecule has 44 heavy (non-hydrogen) atoms. The monoisotopic (exact) mass is 626 g/mol. The molecule has 5 rings (SSSR count). The summed E-state index contributed by atoms with van der Waals surface area (Å²) in [5.41, 5.74) is -1.29. The summed E-state index contributed by atoms with van der Waals surface area (Å²) in [6.45, 7) is -1.64. The molecule has 0 saturated carbocycles. The molecule has 0 spiro atoms. The van der Waals surface area contributed by atoms with Gasteiger partial charge in [0.15, 0.2) is 40.7 Å². The molecule has 0 amide bonds. The summed E-state index contributed by atoms with van der Waals surface area (Å²) in [4.78, 5) is 12.9. The van der Waals surface area contributed by atoms with Gasteiger partial charge >= 0.3 is 0 Å². The molecule has 2 saturated heterocycles. The molecule has 0 unspecified atom stereocenters. The fourth-order valence-corrected chi connectivity index (χ4v) is 4.94. The molecule has 11 N–H and O–H groups in total. The second-order valence-electron chi connectivity index (χ2n) is 10.2. The molecule has 2 fully saturated rings. The molecule has 10 atom stereocenters. The molecule has 17 heteroatoms. The van der Waals surface area contributed by atoms with Crippen molar-refractivity contribution >= 4 is 11.0 Å². The molecule has 1 aromatic heterocycles. The zero-order valence-corrected chi connectivity index (χ0v) is 22.4. The van der Waals surface area contributed by atoms with E-state index in [2.05, 4.69) is 0 Å². The highest BCUT2D eigenvalue weighted by molar-refractivity contribution is 5.91. The zero-order valence-electron chi connectivity index (χ0n) is 22.4. The van der Waals surface area contributed by atoms with Crippen LogP contribution in [0.4, 0.5) is 0 Å². The zero-order chi connectivity index (χ0) is 32.0. The summed E-state index contributed by atoms with van der Waals surface area (Å²) < 4.78 is 27.7. The molecule has 0 bridgehead atoms. The van der Waals surface area contributed by atoms with Gasteiger partial charge in [-0.2, -0.15) is 0 Å². The van der Waals surface area contributed by atoms with Crippen molar-refractivity contribution in [2.24, 2.45) is 0 Å². The van der Waals surface area contributed by atoms with Crippen molar-refractivity contribution in [3.8, 4) is 40.1 Å². The van der Waals surface area contributed by atoms with Gasteiger partial charge in [-0.3, -0.25) is 4.79 Å². The minimum absolute atomic E-state index is 0.107. The predicted octanol–water partition coefficient (Wildman–Crippen LogP) is -2.71. The molecule has 17 nitrogen and oxygen atoms in total. The maximum atomic E-state index is 12.9. The highest BCUT2D eigenvalue weighted by Gasteiger charge is 2.51. The van der Waals surface area contributed by atoms with E-state index >= 15 is 0 Å². The molecule has 3 aromatic rings. The van der Waals surface area contributed by atoms with Crippen LogP contribution in [-0.4, -0.2) is 131 Å². The van der Waals surface area contributed by atoms with Crippen LogP contribution in [0, 0.1) is 0 Å². The maximum Gasteiger partial charge on any atom is 0.229 e. The van der Waals surface area contributed by atoms with E-state index in [9.17, 15) is 61.0 Å². The minimum Gasteiger partial charge on any atom is -0.507 e. The number of fused-ring (bicyclic) bond motifs is 1. The molecule has 0 radical (unpaired) electrons. The van der Waals surface area contributed by atoms with Crippen molar-refractivity contribution in [1.82, 2.24) is 0 Å². The van der Waals surface area contributed by atoms with Gasteiger partial charge in [-0.1, -0.05) is 0 Å². The molecular formula is C27H30O17. The van der Waals surface area contributed by atoms with Crippen molar-refractivity contribution in [1.29, 1.82) is 0 Å². The van der Waals surface area contributed by atoms with Crippen LogP contribution in [0.2, 0.25) is 0 Å². The summed E-state index contributed by atoms with van der Waals surface area (Å²) >= 11 is 0. The van der Waals surface area contributed by atoms with Crippen molar-refractivity contribution in [3.05, 3.63) is 40.6 Å². The summed E-state index contributed by atoms with van der Waals surface area (Å²) in [6.07, 6.45) is -17.6. The lowest BCUT2D eigenvalue weighted by molar-refractivity contribution is -0.358. The Bertz CT molecular complexity index is 1560. The number of hydrogen-bond acceptors (Lipinski definition) is 17. The Morgan fingerprint density at radius 3 is 1.98 bits per heavy atom. The number of aliphatic hydroxyl groups excluding tert-OH is 7. The van der Waals surface area contributed by atoms with E-state index in [-0.39, 0.29) is 11.3 Å². The van der Waals surface area contributed by atoms with Gasteiger partial charge in [0.1, 0.15) is 59.6 Å². The van der Waals surface area contributed by atoms with Crippen LogP contribution in [0.1, 0.15) is 0 Å². The molecular weight excluding hydrogens is 596 g/mol. The number of hydrogen-bond donors (Lipinski definition) is 11. The molecule has 2 aliphatic heterocycles. The SMILES string of the molecule is O=c1cc(-c2ccc(O)c(O)c2)oc2c(O)c(O[C@@H]3O[C@H](CO)[C@@H](O)[C@H](O)[C@H]3O[C@@H]3O[C@H](CO)[C@@H](O)[C@H](O)[C@H]3O)cc(O)c12. The van der Waals surface area contributed by atoms with Gasteiger partial charge in [0.25, 0.3) is 0 Å². The number of aliphatic hydroxyl groups is 7. The van der Waals surface area contributed by atoms with E-state index in [1.54, 1.807) is 0 Å². The maximum absolute atomic E-state index is 12.9. The van der Waals surface area contributed by atoms with Crippen LogP contribution in [0.5, 0.6) is 28.7 Å². The molecule has 2 aromatic carbocycles. The Morgan fingerprint density at radius 1 is 0.705 bits per heavy atom. The van der Waals surface area contributed by atoms with Crippen LogP contribution >= 0.6 is 0 Å². The number of phenolic OH excluding ortho intramolecular Hbond substituents is 4. The van der Waals surface area contributed by atoms with E-state index < -0.39 is 120 Å². The molecule has 2 aliphatic rings. The van der Waals surface area contributed by atoms with Gasteiger partial charge < -0.3 is 79.5 Å². The van der Waals surface area contributed by atoms with Crippen LogP contribution in [0.3, 0.4) is 0 Å². The number of rotatable bonds is 7. The van der Waals surface area contributed by atoms with Gasteiger partial charge in [-0.15, -0.1) is 0 Å². The largest absolute Gasteiger partial charge is 0.507 e. The third kappa shape index (κ3) is 5.61. The topological polar surface area (TPSA) is 290 Å². The van der Waals surface area contributed by atoms with Crippen LogP contribution in [0.15, 0.2) is 39.5 Å². The summed E-state index contributed by atoms with van der Waals surface area (Å²) in [5.74, 6) is -3.39. The van der Waals surface area contributed by atoms with Gasteiger partial charge in [0.05, 0.1) is 13.2 Å². The predicted molar refractivity (Wildman–Crippen MR) is 142 cm³/mol. The molecule has 3 heterocycles. The summed E-state index contributed by atoms with van der Waals surface area (Å²) in [7, 11) is 0. The van der Waals surface area contributed by atoms with Crippen LogP contribution in [-0.2, 0) is 14.2 Å². The minimum atomic E-state index is -1.93. The Kier molecular flexibility index (Phi) is 8.87. The Hall–Kier alpha value is -3.75. The normalized spacial score (nSPS) is 32.5. The first kappa shape index (κ1) is 31.7. The highest BCUT2D eigenvalue weighted by Crippen LogP contribution is 2.42. The van der Waals surface area contributed by atoms with Gasteiger partial charge in [-0.25, -0.2) is 0 Å². The van der Waals surface area contributed by atoms with Gasteiger partial charge in [0, 0.05) is 17.7 Å². The third-order valence-corrected chi connectivity index (χ3v) is 7.39. The second-order valence-corrected chi connectivity index (χ2v) is 10.2. The quantitative estimate of drug-likeness (QED) is 0.0938. The average molecular weight is 627 g/mol. The van der Waals surface area contributed by atoms with Gasteiger partial charge in [-0.05, 0) is 18.2 Å². The first-order valence-electron chi connectivity index (χ1n) is 13.2. The van der Waals surface area contributed by atoms with Gasteiger partial charge in [0.2, 0.25) is 12.0 Å². The first-order valence-corrected chi connectivity index (χ1v) is 13.2. The highest BCUT2D eigenvalue weighted by atomic mass is 16.8. The Balaban J connectivity index is 1.52. The number of benzene rings is 2. The second kappa shape index (κ2) is 12.3. The first-order chi connectivity index (χ1) is 20.9. The van der Waals surface area contributed by atoms with Crippen molar-refractivity contribution in [2.75, 3.05) is 13.2 Å². The van der Waals surface area contributed by atoms with E-state index in [4.69, 9.17) is 23.4 Å².